The number of carbonyl (C=O) groups excluding carboxylic acids is 1. The van der Waals surface area contributed by atoms with Crippen molar-refractivity contribution in [2.75, 3.05) is 17.7 Å². The summed E-state index contributed by atoms with van der Waals surface area (Å²) in [5, 5.41) is 0. The average Bonchev–Trinajstić information content (AvgIpc) is 2.52. The molecule has 0 aliphatic carbocycles. The van der Waals surface area contributed by atoms with Gasteiger partial charge in [0, 0.05) is 18.8 Å². The van der Waals surface area contributed by atoms with Gasteiger partial charge in [-0.05, 0) is 51.5 Å². The molecule has 6 heteroatoms. The third-order valence-electron chi connectivity index (χ3n) is 3.59. The summed E-state index contributed by atoms with van der Waals surface area (Å²) in [4.78, 5) is 17.9. The van der Waals surface area contributed by atoms with Crippen LogP contribution in [-0.4, -0.2) is 23.7 Å². The Balaban J connectivity index is 2.24. The number of hydrogen-bond acceptors (Lipinski definition) is 5. The second-order valence-corrected chi connectivity index (χ2v) is 6.79. The van der Waals surface area contributed by atoms with Gasteiger partial charge in [0.15, 0.2) is 11.6 Å². The van der Waals surface area contributed by atoms with Gasteiger partial charge >= 0.3 is 6.09 Å². The van der Waals surface area contributed by atoms with Crippen LogP contribution in [0.25, 0.3) is 0 Å². The zero-order valence-corrected chi connectivity index (χ0v) is 15.4. The van der Waals surface area contributed by atoms with Crippen LogP contribution in [0.3, 0.4) is 0 Å². The van der Waals surface area contributed by atoms with Crippen molar-refractivity contribution in [1.29, 1.82) is 0 Å². The molecule has 6 nitrogen and oxygen atoms in total. The largest absolute Gasteiger partial charge is 0.485 e. The molecule has 0 fully saturated rings. The van der Waals surface area contributed by atoms with E-state index in [1.54, 1.807) is 25.4 Å². The number of ether oxygens (including phenoxy) is 2. The van der Waals surface area contributed by atoms with E-state index in [1.165, 1.54) is 4.90 Å². The van der Waals surface area contributed by atoms with Gasteiger partial charge in [0.25, 0.3) is 0 Å². The van der Waals surface area contributed by atoms with Crippen molar-refractivity contribution in [3.05, 3.63) is 47.7 Å². The fourth-order valence-corrected chi connectivity index (χ4v) is 2.29. The third kappa shape index (κ3) is 4.86. The Morgan fingerprint density at radius 2 is 1.96 bits per heavy atom. The van der Waals surface area contributed by atoms with E-state index in [0.29, 0.717) is 11.6 Å². The van der Waals surface area contributed by atoms with Gasteiger partial charge in [-0.2, -0.15) is 0 Å². The van der Waals surface area contributed by atoms with Crippen molar-refractivity contribution in [2.45, 2.75) is 39.9 Å². The van der Waals surface area contributed by atoms with Crippen LogP contribution in [0.15, 0.2) is 36.5 Å². The molecule has 0 aliphatic rings. The molecule has 0 saturated carbocycles. The van der Waals surface area contributed by atoms with Crippen molar-refractivity contribution >= 4 is 17.6 Å². The Morgan fingerprint density at radius 3 is 2.60 bits per heavy atom. The third-order valence-corrected chi connectivity index (χ3v) is 3.59. The van der Waals surface area contributed by atoms with Crippen molar-refractivity contribution in [3.8, 4) is 5.75 Å². The van der Waals surface area contributed by atoms with E-state index in [9.17, 15) is 4.79 Å². The molecule has 0 saturated heterocycles. The van der Waals surface area contributed by atoms with Gasteiger partial charge in [-0.15, -0.1) is 0 Å². The van der Waals surface area contributed by atoms with Crippen LogP contribution >= 0.6 is 0 Å². The molecular weight excluding hydrogens is 318 g/mol. The van der Waals surface area contributed by atoms with Crippen LogP contribution < -0.4 is 15.4 Å². The van der Waals surface area contributed by atoms with Gasteiger partial charge in [0.05, 0.1) is 5.69 Å². The molecule has 0 bridgehead atoms. The van der Waals surface area contributed by atoms with E-state index in [0.717, 1.165) is 16.8 Å². The maximum Gasteiger partial charge on any atom is 0.414 e. The van der Waals surface area contributed by atoms with Gasteiger partial charge in [0.2, 0.25) is 0 Å². The number of pyridine rings is 1. The first-order chi connectivity index (χ1) is 11.7. The van der Waals surface area contributed by atoms with Crippen LogP contribution in [0.2, 0.25) is 0 Å². The number of anilines is 2. The lowest BCUT2D eigenvalue weighted by atomic mass is 10.1. The Morgan fingerprint density at radius 1 is 1.24 bits per heavy atom. The molecule has 2 rings (SSSR count). The van der Waals surface area contributed by atoms with Gasteiger partial charge in [0.1, 0.15) is 12.2 Å². The maximum atomic E-state index is 12.4. The summed E-state index contributed by atoms with van der Waals surface area (Å²) >= 11 is 0. The number of nitrogens with zero attached hydrogens (tertiary/aromatic N) is 2. The monoisotopic (exact) mass is 343 g/mol. The van der Waals surface area contributed by atoms with Gasteiger partial charge in [-0.25, -0.2) is 9.78 Å². The van der Waals surface area contributed by atoms with E-state index in [-0.39, 0.29) is 6.61 Å². The van der Waals surface area contributed by atoms with Crippen molar-refractivity contribution in [2.24, 2.45) is 0 Å². The molecule has 1 aromatic heterocycles. The number of nitrogens with two attached hydrogens (primary N) is 1. The molecule has 0 radical (unpaired) electrons. The summed E-state index contributed by atoms with van der Waals surface area (Å²) < 4.78 is 11.3. The van der Waals surface area contributed by atoms with E-state index in [4.69, 9.17) is 15.2 Å². The SMILES string of the molecule is Cc1cccc(N(C)C(=O)OC(C)(C)C)c1COc1cccnc1N. The second-order valence-electron chi connectivity index (χ2n) is 6.79. The van der Waals surface area contributed by atoms with Crippen molar-refractivity contribution in [3.63, 3.8) is 0 Å². The summed E-state index contributed by atoms with van der Waals surface area (Å²) in [6.45, 7) is 7.75. The number of amides is 1. The number of aryl methyl sites for hydroxylation is 1. The van der Waals surface area contributed by atoms with Gasteiger partial charge in [-0.1, -0.05) is 12.1 Å². The van der Waals surface area contributed by atoms with Crippen molar-refractivity contribution < 1.29 is 14.3 Å². The van der Waals surface area contributed by atoms with Crippen LogP contribution in [0.1, 0.15) is 31.9 Å². The molecule has 1 aromatic carbocycles. The standard InChI is InChI=1S/C19H25N3O3/c1-13-8-6-9-15(22(5)18(23)25-19(2,3)4)14(13)12-24-16-10-7-11-21-17(16)20/h6-11H,12H2,1-5H3,(H2,20,21). The summed E-state index contributed by atoms with van der Waals surface area (Å²) in [5.74, 6) is 0.842. The van der Waals surface area contributed by atoms with Gasteiger partial charge < -0.3 is 15.2 Å². The fourth-order valence-electron chi connectivity index (χ4n) is 2.29. The average molecular weight is 343 g/mol. The summed E-state index contributed by atoms with van der Waals surface area (Å²) in [6.07, 6.45) is 1.19. The highest BCUT2D eigenvalue weighted by atomic mass is 16.6. The van der Waals surface area contributed by atoms with Crippen LogP contribution in [0, 0.1) is 6.92 Å². The van der Waals surface area contributed by atoms with Crippen LogP contribution in [-0.2, 0) is 11.3 Å². The van der Waals surface area contributed by atoms with Crippen LogP contribution in [0.5, 0.6) is 5.75 Å². The minimum atomic E-state index is -0.560. The number of nitrogen functional groups attached to an aromatic ring is 1. The predicted octanol–water partition coefficient (Wildman–Crippen LogP) is 3.92. The number of hydrogen-bond donors (Lipinski definition) is 1. The molecule has 0 atom stereocenters. The smallest absolute Gasteiger partial charge is 0.414 e. The lowest BCUT2D eigenvalue weighted by molar-refractivity contribution is 0.0589. The molecule has 1 amide bonds. The minimum Gasteiger partial charge on any atom is -0.485 e. The van der Waals surface area contributed by atoms with E-state index in [2.05, 4.69) is 4.98 Å². The summed E-state index contributed by atoms with van der Waals surface area (Å²) in [5.41, 5.74) is 7.89. The molecule has 0 aliphatic heterocycles. The molecule has 2 N–H and O–H groups in total. The number of benzene rings is 1. The van der Waals surface area contributed by atoms with E-state index < -0.39 is 11.7 Å². The summed E-state index contributed by atoms with van der Waals surface area (Å²) in [7, 11) is 1.69. The van der Waals surface area contributed by atoms with Crippen molar-refractivity contribution in [1.82, 2.24) is 4.98 Å². The molecule has 2 aromatic rings. The Hall–Kier alpha value is -2.76. The lowest BCUT2D eigenvalue weighted by Gasteiger charge is -2.26. The molecule has 1 heterocycles. The predicted molar refractivity (Wildman–Crippen MR) is 98.8 cm³/mol. The first kappa shape index (κ1) is 18.6. The molecule has 134 valence electrons. The number of aromatic nitrogens is 1. The molecular formula is C19H25N3O3. The zero-order chi connectivity index (χ0) is 18.6. The highest BCUT2D eigenvalue weighted by molar-refractivity contribution is 5.88. The first-order valence-electron chi connectivity index (χ1n) is 8.07. The Labute approximate surface area is 148 Å². The highest BCUT2D eigenvalue weighted by Crippen LogP contribution is 2.27. The number of rotatable bonds is 4. The minimum absolute atomic E-state index is 0.269. The molecule has 0 unspecified atom stereocenters. The summed E-state index contributed by atoms with van der Waals surface area (Å²) in [6, 6.07) is 9.25. The molecule has 25 heavy (non-hydrogen) atoms. The Bertz CT molecular complexity index is 754. The number of carbonyl (C=O) groups is 1. The lowest BCUT2D eigenvalue weighted by Crippen LogP contribution is -2.34. The topological polar surface area (TPSA) is 77.7 Å². The van der Waals surface area contributed by atoms with Crippen LogP contribution in [0.4, 0.5) is 16.3 Å². The Kier molecular flexibility index (Phi) is 5.51. The fraction of sp³-hybridized carbons (Fsp3) is 0.368. The van der Waals surface area contributed by atoms with E-state index in [1.807, 2.05) is 45.9 Å². The molecule has 0 spiro atoms. The first-order valence-corrected chi connectivity index (χ1v) is 8.07. The van der Waals surface area contributed by atoms with Gasteiger partial charge in [-0.3, -0.25) is 4.90 Å². The van der Waals surface area contributed by atoms with E-state index >= 15 is 0 Å². The quantitative estimate of drug-likeness (QED) is 0.910. The normalized spacial score (nSPS) is 11.1. The zero-order valence-electron chi connectivity index (χ0n) is 15.4. The maximum absolute atomic E-state index is 12.4. The highest BCUT2D eigenvalue weighted by Gasteiger charge is 2.22. The second kappa shape index (κ2) is 7.42.